The van der Waals surface area contributed by atoms with Crippen LogP contribution in [-0.2, 0) is 15.9 Å². The van der Waals surface area contributed by atoms with E-state index in [4.69, 9.17) is 9.31 Å². The van der Waals surface area contributed by atoms with Crippen molar-refractivity contribution in [3.8, 4) is 0 Å². The fourth-order valence-corrected chi connectivity index (χ4v) is 4.19. The van der Waals surface area contributed by atoms with Crippen LogP contribution in [0.5, 0.6) is 0 Å². The minimum Gasteiger partial charge on any atom is -0.400 e. The molecule has 1 aromatic rings. The minimum atomic E-state index is -0.270. The maximum absolute atomic E-state index is 6.27. The minimum absolute atomic E-state index is 0. The van der Waals surface area contributed by atoms with Crippen LogP contribution < -0.4 is 0 Å². The molecule has 3 aliphatic heterocycles. The number of fused-ring (bicyclic) bond motifs is 1. The standard InChI is InChI=1S/C21H31BN2O2.CH4.H2S/c1-16-12-24-14-18(22-25-20(2,3)21(4,5)26-22)11-19(24)15-23(16)13-17-9-7-6-8-10-17;;/h6-11,16,19H,12-15H2,1-5H3;1H4;1H2/t16-,19-;;/m0../s1. The lowest BCUT2D eigenvalue weighted by atomic mass is 9.78. The highest BCUT2D eigenvalue weighted by atomic mass is 32.1. The molecule has 28 heavy (non-hydrogen) atoms. The van der Waals surface area contributed by atoms with Crippen LogP contribution in [-0.4, -0.2) is 59.8 Å². The fraction of sp³-hybridized carbons (Fsp3) is 0.636. The molecule has 0 spiro atoms. The van der Waals surface area contributed by atoms with Gasteiger partial charge in [0.05, 0.1) is 11.2 Å². The van der Waals surface area contributed by atoms with E-state index in [2.05, 4.69) is 80.8 Å². The largest absolute Gasteiger partial charge is 0.491 e. The molecule has 6 heteroatoms. The average Bonchev–Trinajstić information content (AvgIpc) is 3.06. The Labute approximate surface area is 178 Å². The fourth-order valence-electron chi connectivity index (χ4n) is 4.19. The van der Waals surface area contributed by atoms with Gasteiger partial charge in [0.15, 0.2) is 0 Å². The van der Waals surface area contributed by atoms with Gasteiger partial charge in [0.2, 0.25) is 0 Å². The van der Waals surface area contributed by atoms with Gasteiger partial charge in [-0.1, -0.05) is 43.8 Å². The second-order valence-corrected chi connectivity index (χ2v) is 9.09. The second-order valence-electron chi connectivity index (χ2n) is 9.09. The van der Waals surface area contributed by atoms with E-state index >= 15 is 0 Å². The SMILES string of the molecule is C.C[C@H]1CN2CC(B3OC(C)(C)C(C)(C)O3)=C[C@H]2CN1Cc1ccccc1.S. The summed E-state index contributed by atoms with van der Waals surface area (Å²) < 4.78 is 12.5. The van der Waals surface area contributed by atoms with Crippen LogP contribution in [0.3, 0.4) is 0 Å². The topological polar surface area (TPSA) is 24.9 Å². The summed E-state index contributed by atoms with van der Waals surface area (Å²) in [6.07, 6.45) is 2.39. The predicted molar refractivity (Wildman–Crippen MR) is 123 cm³/mol. The highest BCUT2D eigenvalue weighted by molar-refractivity contribution is 7.59. The predicted octanol–water partition coefficient (Wildman–Crippen LogP) is 3.88. The van der Waals surface area contributed by atoms with Crippen LogP contribution in [0, 0.1) is 0 Å². The van der Waals surface area contributed by atoms with Gasteiger partial charge in [0.1, 0.15) is 0 Å². The Hall–Kier alpha value is -0.785. The van der Waals surface area contributed by atoms with E-state index in [1.807, 2.05) is 0 Å². The molecule has 4 rings (SSSR count). The lowest BCUT2D eigenvalue weighted by molar-refractivity contribution is 0.00578. The molecule has 2 atom stereocenters. The van der Waals surface area contributed by atoms with Crippen LogP contribution in [0.1, 0.15) is 47.6 Å². The number of nitrogens with zero attached hydrogens (tertiary/aromatic N) is 2. The third kappa shape index (κ3) is 4.36. The van der Waals surface area contributed by atoms with E-state index in [-0.39, 0.29) is 39.2 Å². The summed E-state index contributed by atoms with van der Waals surface area (Å²) in [6.45, 7) is 15.0. The molecular weight excluding hydrogens is 367 g/mol. The maximum Gasteiger partial charge on any atom is 0.491 e. The van der Waals surface area contributed by atoms with Crippen molar-refractivity contribution in [1.29, 1.82) is 0 Å². The van der Waals surface area contributed by atoms with E-state index in [1.54, 1.807) is 0 Å². The summed E-state index contributed by atoms with van der Waals surface area (Å²) in [7, 11) is -0.205. The van der Waals surface area contributed by atoms with E-state index in [9.17, 15) is 0 Å². The summed E-state index contributed by atoms with van der Waals surface area (Å²) >= 11 is 0. The van der Waals surface area contributed by atoms with Crippen molar-refractivity contribution in [2.75, 3.05) is 19.6 Å². The molecule has 0 aliphatic carbocycles. The Morgan fingerprint density at radius 3 is 2.25 bits per heavy atom. The van der Waals surface area contributed by atoms with Crippen LogP contribution in [0.2, 0.25) is 0 Å². The lowest BCUT2D eigenvalue weighted by Gasteiger charge is -2.42. The molecule has 0 bridgehead atoms. The van der Waals surface area contributed by atoms with E-state index in [1.165, 1.54) is 11.0 Å². The van der Waals surface area contributed by atoms with Crippen LogP contribution in [0.4, 0.5) is 0 Å². The summed E-state index contributed by atoms with van der Waals surface area (Å²) in [5.74, 6) is 0. The Morgan fingerprint density at radius 1 is 1.04 bits per heavy atom. The smallest absolute Gasteiger partial charge is 0.400 e. The third-order valence-electron chi connectivity index (χ3n) is 6.59. The van der Waals surface area contributed by atoms with Gasteiger partial charge in [-0.25, -0.2) is 0 Å². The first-order valence-electron chi connectivity index (χ1n) is 9.83. The zero-order valence-corrected chi connectivity index (χ0v) is 18.2. The molecule has 3 heterocycles. The molecule has 0 radical (unpaired) electrons. The molecule has 1 aromatic carbocycles. The molecule has 3 aliphatic rings. The van der Waals surface area contributed by atoms with Crippen molar-refractivity contribution in [3.05, 3.63) is 47.4 Å². The molecule has 0 aromatic heterocycles. The van der Waals surface area contributed by atoms with Crippen molar-refractivity contribution in [2.45, 2.75) is 71.9 Å². The Bertz CT molecular complexity index is 679. The summed E-state index contributed by atoms with van der Waals surface area (Å²) in [5, 5.41) is 0. The van der Waals surface area contributed by atoms with Crippen LogP contribution in [0.15, 0.2) is 41.9 Å². The zero-order valence-electron chi connectivity index (χ0n) is 17.2. The normalized spacial score (nSPS) is 28.9. The first-order chi connectivity index (χ1) is 12.2. The Kier molecular flexibility index (Phi) is 7.15. The molecule has 0 unspecified atom stereocenters. The summed E-state index contributed by atoms with van der Waals surface area (Å²) in [4.78, 5) is 5.17. The van der Waals surface area contributed by atoms with Gasteiger partial charge < -0.3 is 9.31 Å². The van der Waals surface area contributed by atoms with Gasteiger partial charge in [-0.05, 0) is 45.7 Å². The number of piperazine rings is 1. The molecular formula is C22H37BN2O2S. The van der Waals surface area contributed by atoms with Gasteiger partial charge in [0.25, 0.3) is 0 Å². The number of benzene rings is 1. The van der Waals surface area contributed by atoms with Gasteiger partial charge in [-0.2, -0.15) is 13.5 Å². The van der Waals surface area contributed by atoms with E-state index in [0.29, 0.717) is 12.1 Å². The van der Waals surface area contributed by atoms with Crippen molar-refractivity contribution in [3.63, 3.8) is 0 Å². The van der Waals surface area contributed by atoms with Gasteiger partial charge in [-0.15, -0.1) is 0 Å². The van der Waals surface area contributed by atoms with E-state index < -0.39 is 0 Å². The lowest BCUT2D eigenvalue weighted by Crippen LogP contribution is -2.54. The first kappa shape index (κ1) is 23.5. The first-order valence-corrected chi connectivity index (χ1v) is 9.83. The molecule has 0 N–H and O–H groups in total. The summed E-state index contributed by atoms with van der Waals surface area (Å²) in [5.41, 5.74) is 2.14. The molecule has 0 saturated carbocycles. The van der Waals surface area contributed by atoms with Crippen LogP contribution in [0.25, 0.3) is 0 Å². The monoisotopic (exact) mass is 404 g/mol. The summed E-state index contributed by atoms with van der Waals surface area (Å²) in [6, 6.07) is 11.8. The number of hydrogen-bond acceptors (Lipinski definition) is 4. The third-order valence-corrected chi connectivity index (χ3v) is 6.59. The van der Waals surface area contributed by atoms with Crippen molar-refractivity contribution >= 4 is 20.6 Å². The Balaban J connectivity index is 0.00000140. The number of rotatable bonds is 3. The average molecular weight is 404 g/mol. The van der Waals surface area contributed by atoms with Crippen molar-refractivity contribution in [2.24, 2.45) is 0 Å². The molecule has 4 nitrogen and oxygen atoms in total. The second kappa shape index (κ2) is 8.53. The van der Waals surface area contributed by atoms with Crippen molar-refractivity contribution < 1.29 is 9.31 Å². The van der Waals surface area contributed by atoms with Gasteiger partial charge in [-0.3, -0.25) is 9.80 Å². The Morgan fingerprint density at radius 2 is 1.64 bits per heavy atom. The molecule has 2 fully saturated rings. The van der Waals surface area contributed by atoms with E-state index in [0.717, 1.165) is 26.2 Å². The molecule has 156 valence electrons. The maximum atomic E-state index is 6.27. The highest BCUT2D eigenvalue weighted by Gasteiger charge is 2.53. The molecule has 2 saturated heterocycles. The van der Waals surface area contributed by atoms with Gasteiger partial charge in [0, 0.05) is 38.3 Å². The number of hydrogen-bond donors (Lipinski definition) is 0. The highest BCUT2D eigenvalue weighted by Crippen LogP contribution is 2.40. The quantitative estimate of drug-likeness (QED) is 0.714. The van der Waals surface area contributed by atoms with Crippen molar-refractivity contribution in [1.82, 2.24) is 9.80 Å². The zero-order chi connectivity index (χ0) is 18.5. The van der Waals surface area contributed by atoms with Crippen LogP contribution >= 0.6 is 13.5 Å². The molecule has 0 amide bonds. The van der Waals surface area contributed by atoms with Gasteiger partial charge >= 0.3 is 7.12 Å².